The van der Waals surface area contributed by atoms with Crippen molar-refractivity contribution in [2.45, 2.75) is 12.8 Å². The van der Waals surface area contributed by atoms with Crippen molar-refractivity contribution in [3.63, 3.8) is 0 Å². The predicted molar refractivity (Wildman–Crippen MR) is 93.7 cm³/mol. The van der Waals surface area contributed by atoms with Crippen LogP contribution in [-0.4, -0.2) is 38.2 Å². The van der Waals surface area contributed by atoms with E-state index >= 15 is 0 Å². The van der Waals surface area contributed by atoms with Gasteiger partial charge in [-0.05, 0) is 41.4 Å². The molecule has 1 saturated heterocycles. The third kappa shape index (κ3) is 3.17. The van der Waals surface area contributed by atoms with Crippen molar-refractivity contribution in [3.8, 4) is 0 Å². The predicted octanol–water partition coefficient (Wildman–Crippen LogP) is 2.05. The minimum absolute atomic E-state index is 0.343. The SMILES string of the molecule is NS(=O)CC1CCCN(c2n[nH]c3c(I)c(Cl)ncc23)C1. The molecule has 0 aromatic carbocycles. The molecule has 2 aromatic heterocycles. The Hall–Kier alpha value is -0.450. The number of piperidine rings is 1. The molecule has 1 fully saturated rings. The summed E-state index contributed by atoms with van der Waals surface area (Å²) in [6, 6.07) is 0. The fourth-order valence-corrected chi connectivity index (χ4v) is 4.21. The number of hydrogen-bond acceptors (Lipinski definition) is 4. The second kappa shape index (κ2) is 6.35. The number of aromatic amines is 1. The monoisotopic (exact) mass is 439 g/mol. The number of rotatable bonds is 3. The van der Waals surface area contributed by atoms with E-state index in [2.05, 4.69) is 42.7 Å². The Morgan fingerprint density at radius 3 is 3.19 bits per heavy atom. The molecule has 0 bridgehead atoms. The first-order chi connectivity index (χ1) is 10.1. The lowest BCUT2D eigenvalue weighted by molar-refractivity contribution is 0.448. The van der Waals surface area contributed by atoms with Gasteiger partial charge < -0.3 is 4.90 Å². The summed E-state index contributed by atoms with van der Waals surface area (Å²) in [7, 11) is -1.24. The standard InChI is InChI=1S/C12H15ClIN5OS/c13-11-9(14)10-8(4-16-11)12(18-17-10)19-3-1-2-7(5-19)6-21(15)20/h4,7H,1-3,5-6,15H2,(H,17,18). The van der Waals surface area contributed by atoms with Gasteiger partial charge in [0, 0.05) is 25.0 Å². The van der Waals surface area contributed by atoms with E-state index in [1.165, 1.54) is 0 Å². The van der Waals surface area contributed by atoms with E-state index in [9.17, 15) is 4.21 Å². The zero-order valence-electron chi connectivity index (χ0n) is 11.2. The van der Waals surface area contributed by atoms with Gasteiger partial charge in [0.25, 0.3) is 0 Å². The number of halogens is 2. The van der Waals surface area contributed by atoms with E-state index in [0.717, 1.165) is 46.2 Å². The molecule has 0 radical (unpaired) electrons. The van der Waals surface area contributed by atoms with Gasteiger partial charge in [0.05, 0.1) is 25.5 Å². The van der Waals surface area contributed by atoms with Crippen LogP contribution in [0.5, 0.6) is 0 Å². The summed E-state index contributed by atoms with van der Waals surface area (Å²) in [5, 5.41) is 14.3. The maximum Gasteiger partial charge on any atom is 0.159 e. The molecular weight excluding hydrogens is 425 g/mol. The lowest BCUT2D eigenvalue weighted by Gasteiger charge is -2.32. The third-order valence-electron chi connectivity index (χ3n) is 3.71. The fourth-order valence-electron chi connectivity index (χ4n) is 2.78. The van der Waals surface area contributed by atoms with Gasteiger partial charge >= 0.3 is 0 Å². The van der Waals surface area contributed by atoms with Crippen molar-refractivity contribution in [1.82, 2.24) is 15.2 Å². The number of nitrogens with two attached hydrogens (primary N) is 1. The van der Waals surface area contributed by atoms with Gasteiger partial charge in [-0.1, -0.05) is 11.6 Å². The van der Waals surface area contributed by atoms with Crippen LogP contribution in [-0.2, 0) is 11.0 Å². The molecular formula is C12H15ClIN5OS. The molecule has 0 saturated carbocycles. The number of nitrogens with zero attached hydrogens (tertiary/aromatic N) is 3. The number of anilines is 1. The molecule has 3 N–H and O–H groups in total. The second-order valence-electron chi connectivity index (χ2n) is 5.20. The molecule has 1 aliphatic rings. The first-order valence-electron chi connectivity index (χ1n) is 6.62. The summed E-state index contributed by atoms with van der Waals surface area (Å²) in [6.07, 6.45) is 3.86. The van der Waals surface area contributed by atoms with Crippen molar-refractivity contribution in [1.29, 1.82) is 0 Å². The Bertz CT molecular complexity index is 694. The van der Waals surface area contributed by atoms with Crippen molar-refractivity contribution < 1.29 is 4.21 Å². The highest BCUT2D eigenvalue weighted by Gasteiger charge is 2.24. The topological polar surface area (TPSA) is 87.9 Å². The third-order valence-corrected chi connectivity index (χ3v) is 6.17. The Morgan fingerprint density at radius 1 is 1.62 bits per heavy atom. The lowest BCUT2D eigenvalue weighted by Crippen LogP contribution is -2.38. The maximum atomic E-state index is 11.2. The normalized spacial score (nSPS) is 20.9. The molecule has 2 atom stereocenters. The van der Waals surface area contributed by atoms with Crippen LogP contribution in [0.4, 0.5) is 5.82 Å². The van der Waals surface area contributed by atoms with Crippen molar-refractivity contribution in [2.75, 3.05) is 23.7 Å². The van der Waals surface area contributed by atoms with Gasteiger partial charge in [-0.2, -0.15) is 5.10 Å². The average molecular weight is 440 g/mol. The van der Waals surface area contributed by atoms with E-state index in [1.807, 2.05) is 0 Å². The fraction of sp³-hybridized carbons (Fsp3) is 0.500. The zero-order valence-corrected chi connectivity index (χ0v) is 14.9. The van der Waals surface area contributed by atoms with Crippen LogP contribution in [0.2, 0.25) is 5.15 Å². The minimum atomic E-state index is -1.24. The van der Waals surface area contributed by atoms with E-state index in [4.69, 9.17) is 16.7 Å². The van der Waals surface area contributed by atoms with Crippen LogP contribution in [0.25, 0.3) is 10.9 Å². The van der Waals surface area contributed by atoms with Crippen LogP contribution in [0.15, 0.2) is 6.20 Å². The summed E-state index contributed by atoms with van der Waals surface area (Å²) in [4.78, 5) is 6.42. The number of aromatic nitrogens is 3. The van der Waals surface area contributed by atoms with E-state index in [-0.39, 0.29) is 0 Å². The van der Waals surface area contributed by atoms with Crippen LogP contribution in [0.3, 0.4) is 0 Å². The summed E-state index contributed by atoms with van der Waals surface area (Å²) in [6.45, 7) is 1.76. The number of hydrogen-bond donors (Lipinski definition) is 2. The Morgan fingerprint density at radius 2 is 2.43 bits per heavy atom. The van der Waals surface area contributed by atoms with Gasteiger partial charge in [-0.25, -0.2) is 9.19 Å². The van der Waals surface area contributed by atoms with Gasteiger partial charge in [0.15, 0.2) is 5.82 Å². The van der Waals surface area contributed by atoms with Crippen LogP contribution in [0.1, 0.15) is 12.8 Å². The van der Waals surface area contributed by atoms with Crippen molar-refractivity contribution in [2.24, 2.45) is 11.1 Å². The van der Waals surface area contributed by atoms with Gasteiger partial charge in [-0.3, -0.25) is 10.2 Å². The highest BCUT2D eigenvalue weighted by molar-refractivity contribution is 14.1. The van der Waals surface area contributed by atoms with E-state index in [0.29, 0.717) is 16.8 Å². The Balaban J connectivity index is 1.90. The second-order valence-corrected chi connectivity index (χ2v) is 7.73. The maximum absolute atomic E-state index is 11.2. The molecule has 2 aromatic rings. The summed E-state index contributed by atoms with van der Waals surface area (Å²) in [5.41, 5.74) is 0.912. The molecule has 0 aliphatic carbocycles. The molecule has 2 unspecified atom stereocenters. The number of fused-ring (bicyclic) bond motifs is 1. The van der Waals surface area contributed by atoms with E-state index < -0.39 is 11.0 Å². The number of H-pyrrole nitrogens is 1. The van der Waals surface area contributed by atoms with Gasteiger partial charge in [0.1, 0.15) is 5.15 Å². The first kappa shape index (κ1) is 15.4. The molecule has 0 amide bonds. The van der Waals surface area contributed by atoms with Crippen LogP contribution >= 0.6 is 34.2 Å². The Kier molecular flexibility index (Phi) is 4.67. The molecule has 3 rings (SSSR count). The van der Waals surface area contributed by atoms with Crippen LogP contribution in [0, 0.1) is 9.49 Å². The smallest absolute Gasteiger partial charge is 0.159 e. The largest absolute Gasteiger partial charge is 0.354 e. The molecule has 3 heterocycles. The summed E-state index contributed by atoms with van der Waals surface area (Å²) in [5.74, 6) is 1.77. The van der Waals surface area contributed by atoms with Gasteiger partial charge in [0.2, 0.25) is 0 Å². The quantitative estimate of drug-likeness (QED) is 0.566. The summed E-state index contributed by atoms with van der Waals surface area (Å²) >= 11 is 8.20. The Labute approximate surface area is 143 Å². The van der Waals surface area contributed by atoms with Crippen LogP contribution < -0.4 is 10.0 Å². The lowest BCUT2D eigenvalue weighted by atomic mass is 10.00. The first-order valence-corrected chi connectivity index (χ1v) is 9.46. The molecule has 114 valence electrons. The zero-order chi connectivity index (χ0) is 15.0. The number of nitrogens with one attached hydrogen (secondary N) is 1. The average Bonchev–Trinajstić information content (AvgIpc) is 2.87. The molecule has 9 heteroatoms. The molecule has 6 nitrogen and oxygen atoms in total. The highest BCUT2D eigenvalue weighted by atomic mass is 127. The van der Waals surface area contributed by atoms with Gasteiger partial charge in [-0.15, -0.1) is 0 Å². The van der Waals surface area contributed by atoms with E-state index in [1.54, 1.807) is 6.20 Å². The number of pyridine rings is 1. The molecule has 0 spiro atoms. The molecule has 21 heavy (non-hydrogen) atoms. The molecule has 1 aliphatic heterocycles. The summed E-state index contributed by atoms with van der Waals surface area (Å²) < 4.78 is 12.1. The minimum Gasteiger partial charge on any atom is -0.354 e. The highest BCUT2D eigenvalue weighted by Crippen LogP contribution is 2.32. The van der Waals surface area contributed by atoms with Crippen molar-refractivity contribution in [3.05, 3.63) is 14.9 Å². The van der Waals surface area contributed by atoms with Crippen molar-refractivity contribution >= 4 is 61.9 Å².